The van der Waals surface area contributed by atoms with Crippen molar-refractivity contribution in [2.24, 2.45) is 5.10 Å². The van der Waals surface area contributed by atoms with Crippen molar-refractivity contribution in [3.05, 3.63) is 74.2 Å². The van der Waals surface area contributed by atoms with Crippen molar-refractivity contribution in [3.8, 4) is 0 Å². The van der Waals surface area contributed by atoms with Crippen LogP contribution in [0.5, 0.6) is 0 Å². The molecule has 0 radical (unpaired) electrons. The molecule has 1 aliphatic rings. The SMILES string of the molecule is CC(=O)N1N=C(c2cccc([N+](=O)[O-])c2)O[C@H]1c1cccc(Br)c1. The molecule has 0 saturated heterocycles. The third-order valence-corrected chi connectivity index (χ3v) is 3.90. The zero-order valence-electron chi connectivity index (χ0n) is 12.5. The Bertz CT molecular complexity index is 853. The van der Waals surface area contributed by atoms with E-state index >= 15 is 0 Å². The maximum Gasteiger partial charge on any atom is 0.270 e. The number of carbonyl (C=O) groups excluding carboxylic acids is 1. The molecular weight excluding hydrogens is 378 g/mol. The summed E-state index contributed by atoms with van der Waals surface area (Å²) in [6.07, 6.45) is -0.714. The highest BCUT2D eigenvalue weighted by atomic mass is 79.9. The zero-order valence-corrected chi connectivity index (χ0v) is 14.1. The number of rotatable bonds is 3. The first-order valence-corrected chi connectivity index (χ1v) is 7.80. The molecule has 0 N–H and O–H groups in total. The van der Waals surface area contributed by atoms with Gasteiger partial charge in [-0.1, -0.05) is 34.1 Å². The first-order chi connectivity index (χ1) is 11.5. The maximum atomic E-state index is 11.9. The Kier molecular flexibility index (Phi) is 4.30. The topological polar surface area (TPSA) is 85.0 Å². The van der Waals surface area contributed by atoms with E-state index in [0.29, 0.717) is 5.56 Å². The number of benzene rings is 2. The number of nitro groups is 1. The molecule has 0 spiro atoms. The van der Waals surface area contributed by atoms with Crippen LogP contribution in [-0.4, -0.2) is 21.7 Å². The molecule has 0 bridgehead atoms. The van der Waals surface area contributed by atoms with Gasteiger partial charge < -0.3 is 4.74 Å². The fourth-order valence-electron chi connectivity index (χ4n) is 2.31. The lowest BCUT2D eigenvalue weighted by Gasteiger charge is -2.19. The molecule has 24 heavy (non-hydrogen) atoms. The van der Waals surface area contributed by atoms with Crippen LogP contribution >= 0.6 is 15.9 Å². The molecule has 2 aromatic carbocycles. The number of carbonyl (C=O) groups is 1. The molecule has 1 atom stereocenters. The highest BCUT2D eigenvalue weighted by Crippen LogP contribution is 2.32. The summed E-state index contributed by atoms with van der Waals surface area (Å²) >= 11 is 3.38. The second-order valence-electron chi connectivity index (χ2n) is 5.10. The Labute approximate surface area is 145 Å². The monoisotopic (exact) mass is 389 g/mol. The lowest BCUT2D eigenvalue weighted by molar-refractivity contribution is -0.384. The van der Waals surface area contributed by atoms with E-state index in [4.69, 9.17) is 4.74 Å². The summed E-state index contributed by atoms with van der Waals surface area (Å²) in [7, 11) is 0. The van der Waals surface area contributed by atoms with E-state index in [2.05, 4.69) is 21.0 Å². The van der Waals surface area contributed by atoms with Crippen LogP contribution in [0.25, 0.3) is 0 Å². The van der Waals surface area contributed by atoms with Crippen LogP contribution in [0.1, 0.15) is 24.3 Å². The highest BCUT2D eigenvalue weighted by Gasteiger charge is 2.33. The Balaban J connectivity index is 1.97. The number of non-ortho nitro benzene ring substituents is 1. The Hall–Kier alpha value is -2.74. The van der Waals surface area contributed by atoms with Gasteiger partial charge >= 0.3 is 0 Å². The molecule has 8 heteroatoms. The van der Waals surface area contributed by atoms with Gasteiger partial charge in [-0.05, 0) is 18.2 Å². The lowest BCUT2D eigenvalue weighted by Crippen LogP contribution is -2.25. The first kappa shape index (κ1) is 16.1. The van der Waals surface area contributed by atoms with Crippen molar-refractivity contribution in [3.63, 3.8) is 0 Å². The van der Waals surface area contributed by atoms with E-state index in [1.165, 1.54) is 24.1 Å². The van der Waals surface area contributed by atoms with Crippen LogP contribution in [0.3, 0.4) is 0 Å². The van der Waals surface area contributed by atoms with Gasteiger partial charge in [0.1, 0.15) is 0 Å². The van der Waals surface area contributed by atoms with Gasteiger partial charge in [0.15, 0.2) is 0 Å². The Morgan fingerprint density at radius 2 is 2.04 bits per heavy atom. The van der Waals surface area contributed by atoms with Gasteiger partial charge in [-0.2, -0.15) is 5.01 Å². The summed E-state index contributed by atoms with van der Waals surface area (Å²) in [4.78, 5) is 22.3. The summed E-state index contributed by atoms with van der Waals surface area (Å²) in [5.74, 6) is -0.126. The molecule has 1 aliphatic heterocycles. The zero-order chi connectivity index (χ0) is 17.3. The lowest BCUT2D eigenvalue weighted by atomic mass is 10.2. The Morgan fingerprint density at radius 3 is 2.71 bits per heavy atom. The number of nitro benzene ring substituents is 1. The fraction of sp³-hybridized carbons (Fsp3) is 0.125. The molecule has 1 amide bonds. The van der Waals surface area contributed by atoms with E-state index in [-0.39, 0.29) is 17.5 Å². The van der Waals surface area contributed by atoms with Gasteiger partial charge in [0.25, 0.3) is 5.69 Å². The minimum absolute atomic E-state index is 0.0703. The minimum atomic E-state index is -0.714. The molecule has 0 unspecified atom stereocenters. The van der Waals surface area contributed by atoms with Gasteiger partial charge in [-0.25, -0.2) is 0 Å². The fourth-order valence-corrected chi connectivity index (χ4v) is 2.73. The number of hydrogen-bond acceptors (Lipinski definition) is 5. The molecular formula is C16H12BrN3O4. The molecule has 7 nitrogen and oxygen atoms in total. The normalized spacial score (nSPS) is 16.5. The highest BCUT2D eigenvalue weighted by molar-refractivity contribution is 9.10. The molecule has 1 heterocycles. The van der Waals surface area contributed by atoms with Gasteiger partial charge in [0.2, 0.25) is 18.0 Å². The van der Waals surface area contributed by atoms with Crippen molar-refractivity contribution >= 4 is 33.4 Å². The number of hydrogen-bond donors (Lipinski definition) is 0. The molecule has 122 valence electrons. The number of ether oxygens (including phenoxy) is 1. The number of amides is 1. The molecule has 3 rings (SSSR count). The third kappa shape index (κ3) is 3.13. The van der Waals surface area contributed by atoms with E-state index in [1.54, 1.807) is 12.1 Å². The van der Waals surface area contributed by atoms with Gasteiger partial charge in [0.05, 0.1) is 4.92 Å². The second kappa shape index (κ2) is 6.40. The molecule has 2 aromatic rings. The van der Waals surface area contributed by atoms with Gasteiger partial charge in [-0.15, -0.1) is 5.10 Å². The molecule has 0 saturated carbocycles. The summed E-state index contributed by atoms with van der Waals surface area (Å²) in [6, 6.07) is 13.3. The summed E-state index contributed by atoms with van der Waals surface area (Å²) in [6.45, 7) is 1.38. The van der Waals surface area contributed by atoms with E-state index < -0.39 is 11.2 Å². The van der Waals surface area contributed by atoms with Crippen LogP contribution in [0.4, 0.5) is 5.69 Å². The van der Waals surface area contributed by atoms with E-state index in [9.17, 15) is 14.9 Å². The summed E-state index contributed by atoms with van der Waals surface area (Å²) in [5, 5.41) is 16.3. The predicted molar refractivity (Wildman–Crippen MR) is 90.1 cm³/mol. The van der Waals surface area contributed by atoms with Crippen molar-refractivity contribution < 1.29 is 14.5 Å². The average Bonchev–Trinajstić information content (AvgIpc) is 3.00. The van der Waals surface area contributed by atoms with Gasteiger partial charge in [-0.3, -0.25) is 14.9 Å². The van der Waals surface area contributed by atoms with E-state index in [1.807, 2.05) is 24.3 Å². The average molecular weight is 390 g/mol. The number of hydrazone groups is 1. The second-order valence-corrected chi connectivity index (χ2v) is 6.02. The quantitative estimate of drug-likeness (QED) is 0.592. The third-order valence-electron chi connectivity index (χ3n) is 3.40. The number of nitrogens with zero attached hydrogens (tertiary/aromatic N) is 3. The van der Waals surface area contributed by atoms with Crippen LogP contribution in [-0.2, 0) is 9.53 Å². The smallest absolute Gasteiger partial charge is 0.270 e. The van der Waals surface area contributed by atoms with Crippen molar-refractivity contribution in [1.29, 1.82) is 0 Å². The van der Waals surface area contributed by atoms with Crippen LogP contribution in [0, 0.1) is 10.1 Å². The molecule has 0 aromatic heterocycles. The summed E-state index contributed by atoms with van der Waals surface area (Å²) in [5.41, 5.74) is 1.11. The molecule has 0 aliphatic carbocycles. The van der Waals surface area contributed by atoms with Crippen molar-refractivity contribution in [2.75, 3.05) is 0 Å². The minimum Gasteiger partial charge on any atom is -0.446 e. The van der Waals surface area contributed by atoms with Crippen molar-refractivity contribution in [1.82, 2.24) is 5.01 Å². The summed E-state index contributed by atoms with van der Waals surface area (Å²) < 4.78 is 6.65. The van der Waals surface area contributed by atoms with Gasteiger partial charge in [0, 0.05) is 34.7 Å². The predicted octanol–water partition coefficient (Wildman–Crippen LogP) is 3.60. The Morgan fingerprint density at radius 1 is 1.29 bits per heavy atom. The number of halogens is 1. The maximum absolute atomic E-state index is 11.9. The van der Waals surface area contributed by atoms with Crippen LogP contribution in [0.2, 0.25) is 0 Å². The van der Waals surface area contributed by atoms with Crippen LogP contribution in [0.15, 0.2) is 58.1 Å². The standard InChI is InChI=1S/C16H12BrN3O4/c1-10(21)19-16(12-5-2-6-13(17)8-12)24-15(18-19)11-4-3-7-14(9-11)20(22)23/h2-9,16H,1H3/t16-/m0/s1. The molecule has 0 fully saturated rings. The van der Waals surface area contributed by atoms with Crippen molar-refractivity contribution in [2.45, 2.75) is 13.2 Å². The largest absolute Gasteiger partial charge is 0.446 e. The first-order valence-electron chi connectivity index (χ1n) is 7.01. The van der Waals surface area contributed by atoms with Crippen LogP contribution < -0.4 is 0 Å². The van der Waals surface area contributed by atoms with E-state index in [0.717, 1.165) is 10.0 Å².